The maximum absolute atomic E-state index is 11.8. The third-order valence-corrected chi connectivity index (χ3v) is 4.21. The van der Waals surface area contributed by atoms with E-state index in [0.29, 0.717) is 5.69 Å². The van der Waals surface area contributed by atoms with E-state index < -0.39 is 6.10 Å². The summed E-state index contributed by atoms with van der Waals surface area (Å²) in [6.07, 6.45) is -0.704. The summed E-state index contributed by atoms with van der Waals surface area (Å²) in [5.41, 5.74) is 0.373. The highest BCUT2D eigenvalue weighted by Gasteiger charge is 2.13. The van der Waals surface area contributed by atoms with E-state index >= 15 is 0 Å². The van der Waals surface area contributed by atoms with Gasteiger partial charge in [-0.05, 0) is 11.4 Å². The summed E-state index contributed by atoms with van der Waals surface area (Å²) in [7, 11) is 1.50. The van der Waals surface area contributed by atoms with Gasteiger partial charge in [-0.2, -0.15) is 0 Å². The number of nitrogens with zero attached hydrogens (tertiary/aromatic N) is 1. The number of amides is 1. The van der Waals surface area contributed by atoms with Gasteiger partial charge in [0, 0.05) is 19.0 Å². The van der Waals surface area contributed by atoms with Crippen molar-refractivity contribution in [1.29, 1.82) is 0 Å². The highest BCUT2D eigenvalue weighted by molar-refractivity contribution is 7.20. The summed E-state index contributed by atoms with van der Waals surface area (Å²) in [6.45, 7) is 0.344. The van der Waals surface area contributed by atoms with Crippen LogP contribution in [0.15, 0.2) is 22.9 Å². The van der Waals surface area contributed by atoms with E-state index in [0.717, 1.165) is 9.88 Å². The van der Waals surface area contributed by atoms with Gasteiger partial charge in [0.25, 0.3) is 5.91 Å². The molecule has 102 valence electrons. The second kappa shape index (κ2) is 6.76. The van der Waals surface area contributed by atoms with E-state index in [1.165, 1.54) is 18.4 Å². The van der Waals surface area contributed by atoms with Crippen molar-refractivity contribution in [3.05, 3.63) is 28.6 Å². The number of carbonyl (C=O) groups excluding carboxylic acids is 1. The van der Waals surface area contributed by atoms with Crippen LogP contribution in [0.25, 0.3) is 9.88 Å². The number of aliphatic hydroxyl groups is 1. The molecule has 2 aromatic rings. The maximum atomic E-state index is 11.8. The fraction of sp³-hybridized carbons (Fsp3) is 0.333. The van der Waals surface area contributed by atoms with Crippen LogP contribution in [0, 0.1) is 0 Å². The molecule has 0 aliphatic rings. The highest BCUT2D eigenvalue weighted by atomic mass is 32.1. The lowest BCUT2D eigenvalue weighted by Gasteiger charge is -2.09. The van der Waals surface area contributed by atoms with Crippen LogP contribution in [0.5, 0.6) is 0 Å². The monoisotopic (exact) mass is 298 g/mol. The predicted molar refractivity (Wildman–Crippen MR) is 75.6 cm³/mol. The molecule has 0 aliphatic heterocycles. The first-order chi connectivity index (χ1) is 9.20. The molecule has 5 nitrogen and oxygen atoms in total. The Bertz CT molecular complexity index is 525. The largest absolute Gasteiger partial charge is 0.389 e. The molecule has 1 amide bonds. The number of rotatable bonds is 6. The summed E-state index contributed by atoms with van der Waals surface area (Å²) >= 11 is 3.02. The molecule has 0 aromatic carbocycles. The minimum Gasteiger partial charge on any atom is -0.389 e. The molecular weight excluding hydrogens is 284 g/mol. The van der Waals surface area contributed by atoms with Gasteiger partial charge in [-0.25, -0.2) is 4.98 Å². The zero-order valence-electron chi connectivity index (χ0n) is 10.3. The minimum atomic E-state index is -0.704. The first-order valence-corrected chi connectivity index (χ1v) is 7.41. The number of hydrogen-bond donors (Lipinski definition) is 2. The van der Waals surface area contributed by atoms with E-state index in [1.54, 1.807) is 16.7 Å². The van der Waals surface area contributed by atoms with E-state index in [4.69, 9.17) is 4.74 Å². The van der Waals surface area contributed by atoms with Crippen LogP contribution in [0.3, 0.4) is 0 Å². The van der Waals surface area contributed by atoms with E-state index in [9.17, 15) is 9.90 Å². The number of thiazole rings is 1. The summed E-state index contributed by atoms with van der Waals surface area (Å²) < 4.78 is 4.78. The van der Waals surface area contributed by atoms with Crippen molar-refractivity contribution in [3.63, 3.8) is 0 Å². The van der Waals surface area contributed by atoms with Crippen molar-refractivity contribution >= 4 is 28.6 Å². The maximum Gasteiger partial charge on any atom is 0.270 e. The standard InChI is InChI=1S/C12H14N2O3S2/c1-17-6-8(15)5-13-11(16)9-7-19-12(14-9)10-3-2-4-18-10/h2-4,7-8,15H,5-6H2,1H3,(H,13,16). The van der Waals surface area contributed by atoms with Gasteiger partial charge < -0.3 is 15.2 Å². The second-order valence-electron chi connectivity index (χ2n) is 3.83. The van der Waals surface area contributed by atoms with Gasteiger partial charge in [0.05, 0.1) is 17.6 Å². The fourth-order valence-electron chi connectivity index (χ4n) is 1.44. The minimum absolute atomic E-state index is 0.151. The predicted octanol–water partition coefficient (Wildman–Crippen LogP) is 1.61. The lowest BCUT2D eigenvalue weighted by Crippen LogP contribution is -2.34. The lowest BCUT2D eigenvalue weighted by molar-refractivity contribution is 0.0609. The average molecular weight is 298 g/mol. The average Bonchev–Trinajstić information content (AvgIpc) is 3.06. The molecule has 2 aromatic heterocycles. The number of aliphatic hydroxyl groups excluding tert-OH is 1. The topological polar surface area (TPSA) is 71.5 Å². The van der Waals surface area contributed by atoms with Crippen molar-refractivity contribution in [2.24, 2.45) is 0 Å². The number of thiophene rings is 1. The molecule has 0 aliphatic carbocycles. The first-order valence-electron chi connectivity index (χ1n) is 5.65. The zero-order chi connectivity index (χ0) is 13.7. The number of aromatic nitrogens is 1. The summed E-state index contributed by atoms with van der Waals surface area (Å²) in [5.74, 6) is -0.283. The SMILES string of the molecule is COCC(O)CNC(=O)c1csc(-c2cccs2)n1. The van der Waals surface area contributed by atoms with Gasteiger partial charge >= 0.3 is 0 Å². The highest BCUT2D eigenvalue weighted by Crippen LogP contribution is 2.27. The Morgan fingerprint density at radius 2 is 2.42 bits per heavy atom. The van der Waals surface area contributed by atoms with Gasteiger partial charge in [-0.1, -0.05) is 6.07 Å². The van der Waals surface area contributed by atoms with Crippen molar-refractivity contribution < 1.29 is 14.6 Å². The van der Waals surface area contributed by atoms with Crippen LogP contribution < -0.4 is 5.32 Å². The summed E-state index contributed by atoms with van der Waals surface area (Å²) in [4.78, 5) is 17.1. The van der Waals surface area contributed by atoms with Gasteiger partial charge in [0.15, 0.2) is 0 Å². The number of ether oxygens (including phenoxy) is 1. The molecule has 1 unspecified atom stereocenters. The lowest BCUT2D eigenvalue weighted by atomic mass is 10.3. The van der Waals surface area contributed by atoms with Crippen molar-refractivity contribution in [3.8, 4) is 9.88 Å². The molecule has 0 fully saturated rings. The Kier molecular flexibility index (Phi) is 5.03. The number of hydrogen-bond acceptors (Lipinski definition) is 6. The number of methoxy groups -OCH3 is 1. The van der Waals surface area contributed by atoms with E-state index in [-0.39, 0.29) is 19.1 Å². The third kappa shape index (κ3) is 3.84. The van der Waals surface area contributed by atoms with E-state index in [2.05, 4.69) is 10.3 Å². The van der Waals surface area contributed by atoms with Crippen molar-refractivity contribution in [1.82, 2.24) is 10.3 Å². The molecule has 7 heteroatoms. The second-order valence-corrected chi connectivity index (χ2v) is 5.64. The van der Waals surface area contributed by atoms with Crippen LogP contribution in [-0.4, -0.2) is 42.4 Å². The molecule has 0 spiro atoms. The molecule has 19 heavy (non-hydrogen) atoms. The Morgan fingerprint density at radius 3 is 3.11 bits per heavy atom. The van der Waals surface area contributed by atoms with Crippen LogP contribution in [0.4, 0.5) is 0 Å². The molecule has 0 radical (unpaired) electrons. The van der Waals surface area contributed by atoms with Crippen LogP contribution in [0.1, 0.15) is 10.5 Å². The van der Waals surface area contributed by atoms with Crippen LogP contribution in [0.2, 0.25) is 0 Å². The molecule has 2 heterocycles. The smallest absolute Gasteiger partial charge is 0.270 e. The quantitative estimate of drug-likeness (QED) is 0.850. The third-order valence-electron chi connectivity index (χ3n) is 2.33. The molecule has 0 saturated carbocycles. The molecule has 2 rings (SSSR count). The van der Waals surface area contributed by atoms with Crippen LogP contribution in [-0.2, 0) is 4.74 Å². The molecule has 2 N–H and O–H groups in total. The fourth-order valence-corrected chi connectivity index (χ4v) is 3.06. The molecular formula is C12H14N2O3S2. The Hall–Kier alpha value is -1.28. The summed E-state index contributed by atoms with van der Waals surface area (Å²) in [6, 6.07) is 3.91. The van der Waals surface area contributed by atoms with Gasteiger partial charge in [-0.15, -0.1) is 22.7 Å². The normalized spacial score (nSPS) is 12.3. The first kappa shape index (κ1) is 14.1. The van der Waals surface area contributed by atoms with Crippen LogP contribution >= 0.6 is 22.7 Å². The molecule has 0 bridgehead atoms. The van der Waals surface area contributed by atoms with E-state index in [1.807, 2.05) is 17.5 Å². The van der Waals surface area contributed by atoms with Crippen molar-refractivity contribution in [2.45, 2.75) is 6.10 Å². The Balaban J connectivity index is 1.93. The van der Waals surface area contributed by atoms with Gasteiger partial charge in [0.1, 0.15) is 10.7 Å². The van der Waals surface area contributed by atoms with Gasteiger partial charge in [-0.3, -0.25) is 4.79 Å². The number of nitrogens with one attached hydrogen (secondary N) is 1. The molecule has 0 saturated heterocycles. The molecule has 1 atom stereocenters. The summed E-state index contributed by atoms with van der Waals surface area (Å²) in [5, 5.41) is 16.6. The Morgan fingerprint density at radius 1 is 1.58 bits per heavy atom. The van der Waals surface area contributed by atoms with Crippen molar-refractivity contribution in [2.75, 3.05) is 20.3 Å². The zero-order valence-corrected chi connectivity index (χ0v) is 12.0. The van der Waals surface area contributed by atoms with Gasteiger partial charge in [0.2, 0.25) is 0 Å². The number of carbonyl (C=O) groups is 1. The Labute approximate surface area is 118 Å².